The summed E-state index contributed by atoms with van der Waals surface area (Å²) in [6.07, 6.45) is -1.35. The van der Waals surface area contributed by atoms with E-state index in [9.17, 15) is 4.79 Å². The van der Waals surface area contributed by atoms with Crippen LogP contribution in [-0.4, -0.2) is 19.4 Å². The van der Waals surface area contributed by atoms with Crippen LogP contribution in [0.1, 0.15) is 6.92 Å². The molecule has 0 fully saturated rings. The van der Waals surface area contributed by atoms with Crippen molar-refractivity contribution in [1.82, 2.24) is 0 Å². The highest BCUT2D eigenvalue weighted by Gasteiger charge is 2.17. The fourth-order valence-electron chi connectivity index (χ4n) is 1.76. The van der Waals surface area contributed by atoms with Crippen LogP contribution in [0, 0.1) is 0 Å². The van der Waals surface area contributed by atoms with Gasteiger partial charge in [0.05, 0.1) is 5.02 Å². The largest absolute Gasteiger partial charge is 0.515 e. The molecule has 2 rings (SSSR count). The zero-order valence-corrected chi connectivity index (χ0v) is 13.6. The van der Waals surface area contributed by atoms with E-state index >= 15 is 0 Å². The first-order valence-corrected chi connectivity index (χ1v) is 7.34. The zero-order valence-electron chi connectivity index (χ0n) is 12.1. The summed E-state index contributed by atoms with van der Waals surface area (Å²) in [5.41, 5.74) is 0.920. The summed E-state index contributed by atoms with van der Waals surface area (Å²) in [6.45, 7) is 1.74. The van der Waals surface area contributed by atoms with Gasteiger partial charge in [-0.3, -0.25) is 0 Å². The third kappa shape index (κ3) is 4.29. The van der Waals surface area contributed by atoms with E-state index in [1.165, 1.54) is 6.07 Å². The molecule has 4 nitrogen and oxygen atoms in total. The minimum atomic E-state index is -0.848. The first-order valence-electron chi connectivity index (χ1n) is 6.59. The molecule has 1 atom stereocenters. The van der Waals surface area contributed by atoms with Gasteiger partial charge in [0.2, 0.25) is 0 Å². The summed E-state index contributed by atoms with van der Waals surface area (Å²) in [4.78, 5) is 13.7. The lowest BCUT2D eigenvalue weighted by Crippen LogP contribution is -2.34. The molecule has 0 bridgehead atoms. The molecule has 2 aromatic carbocycles. The van der Waals surface area contributed by atoms with Gasteiger partial charge in [-0.25, -0.2) is 4.79 Å². The number of anilines is 1. The third-order valence-corrected chi connectivity index (χ3v) is 3.61. The Hall–Kier alpha value is -1.91. The maximum absolute atomic E-state index is 11.8. The van der Waals surface area contributed by atoms with Gasteiger partial charge in [-0.15, -0.1) is 0 Å². The van der Waals surface area contributed by atoms with E-state index in [1.807, 2.05) is 37.4 Å². The summed E-state index contributed by atoms with van der Waals surface area (Å²) in [5, 5.41) is 0.701. The molecular weight excluding hydrogens is 325 g/mol. The second-order valence-electron chi connectivity index (χ2n) is 4.59. The molecule has 0 heterocycles. The molecule has 6 heteroatoms. The van der Waals surface area contributed by atoms with Gasteiger partial charge >= 0.3 is 6.16 Å². The molecule has 0 spiro atoms. The highest BCUT2D eigenvalue weighted by molar-refractivity contribution is 6.34. The van der Waals surface area contributed by atoms with Gasteiger partial charge in [-0.05, 0) is 31.2 Å². The third-order valence-electron chi connectivity index (χ3n) is 3.06. The molecule has 0 radical (unpaired) electrons. The van der Waals surface area contributed by atoms with Crippen LogP contribution in [0.25, 0.3) is 0 Å². The number of benzene rings is 2. The topological polar surface area (TPSA) is 38.8 Å². The van der Waals surface area contributed by atoms with Gasteiger partial charge in [-0.2, -0.15) is 0 Å². The Kier molecular flexibility index (Phi) is 5.52. The van der Waals surface area contributed by atoms with Gasteiger partial charge in [0.1, 0.15) is 0 Å². The molecule has 2 aromatic rings. The molecule has 22 heavy (non-hydrogen) atoms. The number of hydrogen-bond acceptors (Lipinski definition) is 4. The van der Waals surface area contributed by atoms with Crippen LogP contribution in [0.3, 0.4) is 0 Å². The first-order chi connectivity index (χ1) is 10.5. The minimum Gasteiger partial charge on any atom is -0.410 e. The molecule has 0 saturated carbocycles. The van der Waals surface area contributed by atoms with Crippen molar-refractivity contribution >= 4 is 35.0 Å². The molecule has 1 unspecified atom stereocenters. The minimum absolute atomic E-state index is 0.161. The highest BCUT2D eigenvalue weighted by Crippen LogP contribution is 2.28. The Morgan fingerprint density at radius 2 is 1.82 bits per heavy atom. The van der Waals surface area contributed by atoms with Crippen molar-refractivity contribution in [3.8, 4) is 5.75 Å². The van der Waals surface area contributed by atoms with E-state index < -0.39 is 12.4 Å². The summed E-state index contributed by atoms with van der Waals surface area (Å²) in [7, 11) is 1.82. The Balaban J connectivity index is 1.98. The number of nitrogens with zero attached hydrogens (tertiary/aromatic N) is 1. The van der Waals surface area contributed by atoms with Crippen molar-refractivity contribution in [3.63, 3.8) is 0 Å². The molecule has 0 aliphatic carbocycles. The maximum Gasteiger partial charge on any atom is 0.515 e. The molecule has 0 aliphatic heterocycles. The van der Waals surface area contributed by atoms with E-state index in [-0.39, 0.29) is 10.8 Å². The van der Waals surface area contributed by atoms with Gasteiger partial charge in [0.15, 0.2) is 12.0 Å². The lowest BCUT2D eigenvalue weighted by Gasteiger charge is -2.26. The van der Waals surface area contributed by atoms with Crippen LogP contribution in [0.5, 0.6) is 5.75 Å². The summed E-state index contributed by atoms with van der Waals surface area (Å²) >= 11 is 11.8. The van der Waals surface area contributed by atoms with Gasteiger partial charge in [0.25, 0.3) is 0 Å². The lowest BCUT2D eigenvalue weighted by atomic mass is 10.3. The van der Waals surface area contributed by atoms with Crippen LogP contribution in [0.15, 0.2) is 48.5 Å². The number of halogens is 2. The standard InChI is InChI=1S/C16H15Cl2NO3/c1-11(19(2)13-6-4-3-5-7-13)21-16(20)22-15-10-12(17)8-9-14(15)18/h3-11H,1-2H3. The maximum atomic E-state index is 11.8. The number of rotatable bonds is 4. The van der Waals surface area contributed by atoms with Crippen molar-refractivity contribution in [1.29, 1.82) is 0 Å². The molecular formula is C16H15Cl2NO3. The summed E-state index contributed by atoms with van der Waals surface area (Å²) in [6, 6.07) is 14.2. The highest BCUT2D eigenvalue weighted by atomic mass is 35.5. The van der Waals surface area contributed by atoms with Crippen LogP contribution in [0.4, 0.5) is 10.5 Å². The molecule has 0 N–H and O–H groups in total. The van der Waals surface area contributed by atoms with E-state index in [0.717, 1.165) is 5.69 Å². The predicted molar refractivity (Wildman–Crippen MR) is 87.9 cm³/mol. The first kappa shape index (κ1) is 16.5. The normalized spacial score (nSPS) is 11.6. The molecule has 0 aliphatic rings. The van der Waals surface area contributed by atoms with Crippen molar-refractivity contribution in [2.75, 3.05) is 11.9 Å². The molecule has 0 saturated heterocycles. The monoisotopic (exact) mass is 339 g/mol. The summed E-state index contributed by atoms with van der Waals surface area (Å²) in [5.74, 6) is 0.161. The van der Waals surface area contributed by atoms with Crippen LogP contribution in [0.2, 0.25) is 10.0 Å². The quantitative estimate of drug-likeness (QED) is 0.446. The van der Waals surface area contributed by atoms with Crippen LogP contribution >= 0.6 is 23.2 Å². The van der Waals surface area contributed by atoms with Crippen molar-refractivity contribution in [3.05, 3.63) is 58.6 Å². The van der Waals surface area contributed by atoms with Crippen LogP contribution in [-0.2, 0) is 4.74 Å². The number of ether oxygens (including phenoxy) is 2. The molecule has 0 aromatic heterocycles. The Labute approximate surface area is 139 Å². The number of carbonyl (C=O) groups is 1. The van der Waals surface area contributed by atoms with Crippen LogP contribution < -0.4 is 9.64 Å². The SMILES string of the molecule is CC(OC(=O)Oc1cc(Cl)ccc1Cl)N(C)c1ccccc1. The number of carbonyl (C=O) groups excluding carboxylic acids is 1. The van der Waals surface area contributed by atoms with Gasteiger partial charge in [0, 0.05) is 23.8 Å². The van der Waals surface area contributed by atoms with Crippen molar-refractivity contribution in [2.45, 2.75) is 13.2 Å². The zero-order chi connectivity index (χ0) is 16.1. The smallest absolute Gasteiger partial charge is 0.410 e. The lowest BCUT2D eigenvalue weighted by molar-refractivity contribution is 0.0662. The van der Waals surface area contributed by atoms with Crippen molar-refractivity contribution in [2.24, 2.45) is 0 Å². The van der Waals surface area contributed by atoms with Gasteiger partial charge in [-0.1, -0.05) is 41.4 Å². The Morgan fingerprint density at radius 1 is 1.14 bits per heavy atom. The predicted octanol–water partition coefficient (Wildman–Crippen LogP) is 4.99. The van der Waals surface area contributed by atoms with E-state index in [1.54, 1.807) is 24.0 Å². The van der Waals surface area contributed by atoms with E-state index in [0.29, 0.717) is 5.02 Å². The fourth-order valence-corrected chi connectivity index (χ4v) is 2.08. The number of hydrogen-bond donors (Lipinski definition) is 0. The van der Waals surface area contributed by atoms with Gasteiger partial charge < -0.3 is 14.4 Å². The molecule has 116 valence electrons. The van der Waals surface area contributed by atoms with Crippen molar-refractivity contribution < 1.29 is 14.3 Å². The fraction of sp³-hybridized carbons (Fsp3) is 0.188. The average Bonchev–Trinajstić information content (AvgIpc) is 2.51. The second-order valence-corrected chi connectivity index (χ2v) is 5.43. The Morgan fingerprint density at radius 3 is 2.50 bits per heavy atom. The van der Waals surface area contributed by atoms with E-state index in [2.05, 4.69) is 0 Å². The Bertz CT molecular complexity index is 649. The summed E-state index contributed by atoms with van der Waals surface area (Å²) < 4.78 is 10.3. The average molecular weight is 340 g/mol. The van der Waals surface area contributed by atoms with E-state index in [4.69, 9.17) is 32.7 Å². The molecule has 0 amide bonds. The second kappa shape index (κ2) is 7.38. The number of para-hydroxylation sites is 1.